The van der Waals surface area contributed by atoms with Gasteiger partial charge in [-0.25, -0.2) is 4.79 Å². The predicted molar refractivity (Wildman–Crippen MR) is 84.6 cm³/mol. The molecule has 1 N–H and O–H groups in total. The van der Waals surface area contributed by atoms with E-state index in [2.05, 4.69) is 5.32 Å². The average Bonchev–Trinajstić information content (AvgIpc) is 2.37. The van der Waals surface area contributed by atoms with Gasteiger partial charge < -0.3 is 14.8 Å². The second-order valence-electron chi connectivity index (χ2n) is 6.04. The lowest BCUT2D eigenvalue weighted by molar-refractivity contribution is -0.143. The highest BCUT2D eigenvalue weighted by molar-refractivity contribution is 5.73. The number of carbonyl (C=O) groups excluding carboxylic acids is 2. The van der Waals surface area contributed by atoms with E-state index in [-0.39, 0.29) is 18.4 Å². The first kappa shape index (κ1) is 18.0. The Hall–Kier alpha value is -2.04. The van der Waals surface area contributed by atoms with E-state index in [1.807, 2.05) is 30.3 Å². The van der Waals surface area contributed by atoms with Crippen molar-refractivity contribution >= 4 is 12.1 Å². The third-order valence-corrected chi connectivity index (χ3v) is 2.76. The fourth-order valence-corrected chi connectivity index (χ4v) is 1.97. The van der Waals surface area contributed by atoms with Crippen LogP contribution >= 0.6 is 0 Å². The molecule has 0 aromatic heterocycles. The average molecular weight is 307 g/mol. The zero-order chi connectivity index (χ0) is 16.6. The molecule has 122 valence electrons. The Morgan fingerprint density at radius 1 is 1.18 bits per heavy atom. The monoisotopic (exact) mass is 307 g/mol. The van der Waals surface area contributed by atoms with E-state index in [0.29, 0.717) is 13.0 Å². The van der Waals surface area contributed by atoms with Crippen LogP contribution in [0.4, 0.5) is 4.79 Å². The lowest BCUT2D eigenvalue weighted by atomic mass is 10.0. The van der Waals surface area contributed by atoms with Gasteiger partial charge in [-0.2, -0.15) is 0 Å². The third-order valence-electron chi connectivity index (χ3n) is 2.76. The largest absolute Gasteiger partial charge is 0.466 e. The Balaban J connectivity index is 2.69. The first-order valence-corrected chi connectivity index (χ1v) is 7.49. The minimum absolute atomic E-state index is 0.113. The first-order chi connectivity index (χ1) is 10.3. The smallest absolute Gasteiger partial charge is 0.407 e. The number of carbonyl (C=O) groups is 2. The van der Waals surface area contributed by atoms with Crippen LogP contribution in [0, 0.1) is 0 Å². The van der Waals surface area contributed by atoms with Gasteiger partial charge in [-0.15, -0.1) is 0 Å². The maximum Gasteiger partial charge on any atom is 0.407 e. The maximum absolute atomic E-state index is 11.9. The van der Waals surface area contributed by atoms with Crippen LogP contribution in [0.5, 0.6) is 0 Å². The van der Waals surface area contributed by atoms with Crippen molar-refractivity contribution in [3.05, 3.63) is 35.9 Å². The molecule has 22 heavy (non-hydrogen) atoms. The summed E-state index contributed by atoms with van der Waals surface area (Å²) in [5.41, 5.74) is 0.457. The third kappa shape index (κ3) is 7.67. The van der Waals surface area contributed by atoms with Crippen LogP contribution in [0.15, 0.2) is 30.3 Å². The Bertz CT molecular complexity index is 479. The highest BCUT2D eigenvalue weighted by atomic mass is 16.6. The van der Waals surface area contributed by atoms with Gasteiger partial charge in [-0.1, -0.05) is 30.3 Å². The number of benzene rings is 1. The molecule has 0 aliphatic rings. The molecule has 0 aliphatic heterocycles. The summed E-state index contributed by atoms with van der Waals surface area (Å²) in [5, 5.41) is 2.75. The molecule has 0 bridgehead atoms. The Morgan fingerprint density at radius 2 is 1.82 bits per heavy atom. The van der Waals surface area contributed by atoms with Gasteiger partial charge in [0.05, 0.1) is 13.0 Å². The lowest BCUT2D eigenvalue weighted by Gasteiger charge is -2.23. The van der Waals surface area contributed by atoms with Crippen LogP contribution in [0.25, 0.3) is 0 Å². The van der Waals surface area contributed by atoms with Gasteiger partial charge in [0.25, 0.3) is 0 Å². The van der Waals surface area contributed by atoms with Crippen molar-refractivity contribution in [2.24, 2.45) is 0 Å². The molecule has 0 aliphatic carbocycles. The van der Waals surface area contributed by atoms with E-state index >= 15 is 0 Å². The summed E-state index contributed by atoms with van der Waals surface area (Å²) in [4.78, 5) is 23.6. The number of hydrogen-bond acceptors (Lipinski definition) is 4. The summed E-state index contributed by atoms with van der Waals surface area (Å²) in [6, 6.07) is 9.31. The molecule has 0 saturated heterocycles. The summed E-state index contributed by atoms with van der Waals surface area (Å²) >= 11 is 0. The molecular weight excluding hydrogens is 282 g/mol. The van der Waals surface area contributed by atoms with Crippen LogP contribution in [-0.2, 0) is 20.7 Å². The second-order valence-corrected chi connectivity index (χ2v) is 6.04. The van der Waals surface area contributed by atoms with E-state index in [1.54, 1.807) is 27.7 Å². The van der Waals surface area contributed by atoms with E-state index in [4.69, 9.17) is 9.47 Å². The van der Waals surface area contributed by atoms with Gasteiger partial charge in [0.15, 0.2) is 0 Å². The number of ether oxygens (including phenoxy) is 2. The number of nitrogens with one attached hydrogen (secondary N) is 1. The maximum atomic E-state index is 11.9. The van der Waals surface area contributed by atoms with Crippen LogP contribution in [0.3, 0.4) is 0 Å². The van der Waals surface area contributed by atoms with E-state index in [9.17, 15) is 9.59 Å². The van der Waals surface area contributed by atoms with Crippen molar-refractivity contribution in [3.63, 3.8) is 0 Å². The second kappa shape index (κ2) is 8.41. The molecule has 1 aromatic rings. The zero-order valence-corrected chi connectivity index (χ0v) is 13.7. The molecule has 0 heterocycles. The van der Waals surface area contributed by atoms with Crippen LogP contribution in [0.1, 0.15) is 39.7 Å². The fourth-order valence-electron chi connectivity index (χ4n) is 1.97. The number of alkyl carbamates (subject to hydrolysis) is 1. The molecule has 1 aromatic carbocycles. The normalized spacial score (nSPS) is 12.4. The van der Waals surface area contributed by atoms with E-state index < -0.39 is 11.7 Å². The van der Waals surface area contributed by atoms with Crippen LogP contribution in [0.2, 0.25) is 0 Å². The molecule has 1 atom stereocenters. The Kier molecular flexibility index (Phi) is 6.89. The van der Waals surface area contributed by atoms with Crippen molar-refractivity contribution < 1.29 is 19.1 Å². The molecule has 1 rings (SSSR count). The lowest BCUT2D eigenvalue weighted by Crippen LogP contribution is -2.41. The Labute approximate surface area is 132 Å². The number of hydrogen-bond donors (Lipinski definition) is 1. The molecule has 1 amide bonds. The summed E-state index contributed by atoms with van der Waals surface area (Å²) < 4.78 is 10.2. The zero-order valence-electron chi connectivity index (χ0n) is 13.7. The van der Waals surface area contributed by atoms with Gasteiger partial charge in [-0.3, -0.25) is 4.79 Å². The van der Waals surface area contributed by atoms with Crippen LogP contribution in [-0.4, -0.2) is 30.3 Å². The van der Waals surface area contributed by atoms with E-state index in [1.165, 1.54) is 0 Å². The molecule has 0 saturated carbocycles. The summed E-state index contributed by atoms with van der Waals surface area (Å²) in [6.07, 6.45) is 0.124. The number of esters is 1. The molecule has 5 nitrogen and oxygen atoms in total. The molecular formula is C17H25NO4. The van der Waals surface area contributed by atoms with Gasteiger partial charge in [-0.05, 0) is 39.7 Å². The SMILES string of the molecule is CCOC(=O)C[C@@H](Cc1ccccc1)NC(=O)OC(C)(C)C. The van der Waals surface area contributed by atoms with Crippen LogP contribution < -0.4 is 5.32 Å². The van der Waals surface area contributed by atoms with Gasteiger partial charge in [0, 0.05) is 6.04 Å². The minimum atomic E-state index is -0.578. The summed E-state index contributed by atoms with van der Waals surface area (Å²) in [5.74, 6) is -0.334. The van der Waals surface area contributed by atoms with E-state index in [0.717, 1.165) is 5.56 Å². The number of rotatable bonds is 6. The molecule has 0 spiro atoms. The Morgan fingerprint density at radius 3 is 2.36 bits per heavy atom. The molecule has 0 unspecified atom stereocenters. The van der Waals surface area contributed by atoms with Gasteiger partial charge >= 0.3 is 12.1 Å². The van der Waals surface area contributed by atoms with Crippen molar-refractivity contribution in [2.75, 3.05) is 6.61 Å². The van der Waals surface area contributed by atoms with Crippen molar-refractivity contribution in [1.29, 1.82) is 0 Å². The fraction of sp³-hybridized carbons (Fsp3) is 0.529. The quantitative estimate of drug-likeness (QED) is 0.820. The van der Waals surface area contributed by atoms with Crippen molar-refractivity contribution in [2.45, 2.75) is 52.2 Å². The predicted octanol–water partition coefficient (Wildman–Crippen LogP) is 3.08. The van der Waals surface area contributed by atoms with Crippen molar-refractivity contribution in [1.82, 2.24) is 5.32 Å². The van der Waals surface area contributed by atoms with Gasteiger partial charge in [0.1, 0.15) is 5.60 Å². The minimum Gasteiger partial charge on any atom is -0.466 e. The van der Waals surface area contributed by atoms with Crippen molar-refractivity contribution in [3.8, 4) is 0 Å². The highest BCUT2D eigenvalue weighted by Gasteiger charge is 2.22. The topological polar surface area (TPSA) is 64.6 Å². The number of amides is 1. The first-order valence-electron chi connectivity index (χ1n) is 7.49. The molecule has 0 radical (unpaired) electrons. The summed E-state index contributed by atoms with van der Waals surface area (Å²) in [6.45, 7) is 7.47. The standard InChI is InChI=1S/C17H25NO4/c1-5-21-15(19)12-14(11-13-9-7-6-8-10-13)18-16(20)22-17(2,3)4/h6-10,14H,5,11-12H2,1-4H3,(H,18,20)/t14-/m1/s1. The highest BCUT2D eigenvalue weighted by Crippen LogP contribution is 2.10. The summed E-state index contributed by atoms with van der Waals surface area (Å²) in [7, 11) is 0. The molecule has 0 fully saturated rings. The van der Waals surface area contributed by atoms with Gasteiger partial charge in [0.2, 0.25) is 0 Å². The molecule has 5 heteroatoms.